The number of methoxy groups -OCH3 is 1. The van der Waals surface area contributed by atoms with Crippen LogP contribution in [-0.2, 0) is 29.5 Å². The lowest BCUT2D eigenvalue weighted by Crippen LogP contribution is -2.60. The molecule has 0 bridgehead atoms. The van der Waals surface area contributed by atoms with E-state index in [2.05, 4.69) is 44.6 Å². The number of rotatable bonds is 7. The van der Waals surface area contributed by atoms with Gasteiger partial charge in [-0.05, 0) is 35.7 Å². The Bertz CT molecular complexity index is 1100. The van der Waals surface area contributed by atoms with Crippen molar-refractivity contribution in [1.29, 1.82) is 0 Å². The molecule has 1 amide bonds. The second-order valence-electron chi connectivity index (χ2n) is 8.44. The molecule has 0 spiro atoms. The van der Waals surface area contributed by atoms with E-state index in [4.69, 9.17) is 9.47 Å². The third-order valence-corrected chi connectivity index (χ3v) is 6.23. The van der Waals surface area contributed by atoms with Gasteiger partial charge in [0.05, 0.1) is 25.0 Å². The smallest absolute Gasteiger partial charge is 0.253 e. The molecule has 0 saturated carbocycles. The second-order valence-corrected chi connectivity index (χ2v) is 8.44. The lowest BCUT2D eigenvalue weighted by atomic mass is 9.90. The molecule has 3 heterocycles. The van der Waals surface area contributed by atoms with E-state index in [0.29, 0.717) is 26.1 Å². The molecular weight excluding hydrogens is 418 g/mol. The van der Waals surface area contributed by atoms with Crippen LogP contribution in [0, 0.1) is 6.92 Å². The summed E-state index contributed by atoms with van der Waals surface area (Å²) in [5.41, 5.74) is 4.27. The van der Waals surface area contributed by atoms with Crippen LogP contribution in [0.1, 0.15) is 16.8 Å². The number of nitrogens with one attached hydrogen (secondary N) is 1. The zero-order valence-corrected chi connectivity index (χ0v) is 19.7. The molecule has 2 aromatic heterocycles. The van der Waals surface area contributed by atoms with Crippen LogP contribution in [0.5, 0.6) is 5.88 Å². The zero-order chi connectivity index (χ0) is 23.4. The van der Waals surface area contributed by atoms with Gasteiger partial charge >= 0.3 is 0 Å². The maximum Gasteiger partial charge on any atom is 0.253 e. The van der Waals surface area contributed by atoms with Gasteiger partial charge in [-0.25, -0.2) is 4.68 Å². The number of carbonyl (C=O) groups is 1. The van der Waals surface area contributed by atoms with E-state index in [1.165, 1.54) is 0 Å². The molecule has 1 fully saturated rings. The number of amides is 1. The van der Waals surface area contributed by atoms with Crippen LogP contribution in [0.3, 0.4) is 0 Å². The number of aromatic nitrogens is 3. The first-order chi connectivity index (χ1) is 16.0. The van der Waals surface area contributed by atoms with Gasteiger partial charge in [-0.15, -0.1) is 0 Å². The highest BCUT2D eigenvalue weighted by atomic mass is 16.5. The van der Waals surface area contributed by atoms with Crippen LogP contribution in [0.2, 0.25) is 0 Å². The highest BCUT2D eigenvalue weighted by molar-refractivity contribution is 5.86. The quantitative estimate of drug-likeness (QED) is 0.596. The Balaban J connectivity index is 1.55. The zero-order valence-electron chi connectivity index (χ0n) is 19.7. The van der Waals surface area contributed by atoms with Crippen LogP contribution in [-0.4, -0.2) is 65.0 Å². The first kappa shape index (κ1) is 22.9. The van der Waals surface area contributed by atoms with Crippen molar-refractivity contribution in [2.45, 2.75) is 25.5 Å². The monoisotopic (exact) mass is 449 g/mol. The number of hydrogen-bond acceptors (Lipinski definition) is 6. The summed E-state index contributed by atoms with van der Waals surface area (Å²) >= 11 is 0. The van der Waals surface area contributed by atoms with E-state index in [0.717, 1.165) is 40.4 Å². The Labute approximate surface area is 194 Å². The topological polar surface area (TPSA) is 81.5 Å². The number of aryl methyl sites for hydroxylation is 2. The molecule has 3 aromatic rings. The number of ether oxygens (including phenoxy) is 2. The minimum Gasteiger partial charge on any atom is -0.481 e. The third kappa shape index (κ3) is 4.77. The van der Waals surface area contributed by atoms with E-state index < -0.39 is 5.60 Å². The van der Waals surface area contributed by atoms with Gasteiger partial charge in [0.1, 0.15) is 0 Å². The summed E-state index contributed by atoms with van der Waals surface area (Å²) in [4.78, 5) is 19.4. The van der Waals surface area contributed by atoms with E-state index in [9.17, 15) is 4.79 Å². The molecule has 8 nitrogen and oxygen atoms in total. The summed E-state index contributed by atoms with van der Waals surface area (Å²) in [7, 11) is 5.19. The average Bonchev–Trinajstić information content (AvgIpc) is 3.11. The van der Waals surface area contributed by atoms with Gasteiger partial charge in [0, 0.05) is 52.5 Å². The number of morpholine rings is 1. The van der Waals surface area contributed by atoms with E-state index in [-0.39, 0.29) is 5.91 Å². The van der Waals surface area contributed by atoms with Gasteiger partial charge in [-0.2, -0.15) is 5.10 Å². The number of nitrogens with zero attached hydrogens (tertiary/aromatic N) is 4. The van der Waals surface area contributed by atoms with E-state index >= 15 is 0 Å². The number of hydrogen-bond donors (Lipinski definition) is 1. The predicted octanol–water partition coefficient (Wildman–Crippen LogP) is 2.36. The van der Waals surface area contributed by atoms with Crippen LogP contribution in [0.4, 0.5) is 0 Å². The van der Waals surface area contributed by atoms with Crippen molar-refractivity contribution >= 4 is 5.91 Å². The standard InChI is InChI=1S/C25H31N5O3/c1-18-22(23(32-4)29(3)28-18)16-30-13-14-33-25(17-30,24(31)26-2)15-19-5-7-20(8-6-19)21-9-11-27-12-10-21/h5-12H,13-17H2,1-4H3,(H,26,31). The molecule has 1 aromatic carbocycles. The molecule has 0 aliphatic carbocycles. The molecule has 174 valence electrons. The maximum absolute atomic E-state index is 13.1. The second kappa shape index (κ2) is 9.72. The fraction of sp³-hybridized carbons (Fsp3) is 0.400. The minimum atomic E-state index is -0.964. The van der Waals surface area contributed by atoms with Crippen LogP contribution >= 0.6 is 0 Å². The van der Waals surface area contributed by atoms with Crippen molar-refractivity contribution in [3.63, 3.8) is 0 Å². The van der Waals surface area contributed by atoms with Crippen molar-refractivity contribution < 1.29 is 14.3 Å². The Hall–Kier alpha value is -3.23. The van der Waals surface area contributed by atoms with Gasteiger partial charge in [-0.3, -0.25) is 14.7 Å². The molecule has 0 radical (unpaired) electrons. The van der Waals surface area contributed by atoms with Crippen molar-refractivity contribution in [2.24, 2.45) is 7.05 Å². The first-order valence-electron chi connectivity index (χ1n) is 11.1. The fourth-order valence-electron chi connectivity index (χ4n) is 4.57. The van der Waals surface area contributed by atoms with Crippen molar-refractivity contribution in [2.75, 3.05) is 33.9 Å². The molecule has 1 aliphatic rings. The maximum atomic E-state index is 13.1. The lowest BCUT2D eigenvalue weighted by molar-refractivity contribution is -0.160. The largest absolute Gasteiger partial charge is 0.481 e. The summed E-state index contributed by atoms with van der Waals surface area (Å²) < 4.78 is 13.5. The molecule has 1 atom stereocenters. The first-order valence-corrected chi connectivity index (χ1v) is 11.1. The summed E-state index contributed by atoms with van der Waals surface area (Å²) in [6, 6.07) is 12.3. The van der Waals surface area contributed by atoms with Gasteiger partial charge in [0.2, 0.25) is 5.88 Å². The molecule has 1 unspecified atom stereocenters. The van der Waals surface area contributed by atoms with E-state index in [1.807, 2.05) is 26.1 Å². The SMILES string of the molecule is CNC(=O)C1(Cc2ccc(-c3ccncc3)cc2)CN(Cc2c(C)nn(C)c2OC)CCO1. The van der Waals surface area contributed by atoms with Crippen LogP contribution < -0.4 is 10.1 Å². The molecule has 1 N–H and O–H groups in total. The van der Waals surface area contributed by atoms with Crippen molar-refractivity contribution in [3.8, 4) is 17.0 Å². The number of likely N-dealkylation sites (N-methyl/N-ethyl adjacent to an activating group) is 1. The fourth-order valence-corrected chi connectivity index (χ4v) is 4.57. The number of carbonyl (C=O) groups excluding carboxylic acids is 1. The Morgan fingerprint density at radius 1 is 1.18 bits per heavy atom. The Kier molecular flexibility index (Phi) is 6.76. The van der Waals surface area contributed by atoms with E-state index in [1.54, 1.807) is 31.2 Å². The predicted molar refractivity (Wildman–Crippen MR) is 126 cm³/mol. The number of pyridine rings is 1. The third-order valence-electron chi connectivity index (χ3n) is 6.23. The highest BCUT2D eigenvalue weighted by Crippen LogP contribution is 2.29. The highest BCUT2D eigenvalue weighted by Gasteiger charge is 2.43. The summed E-state index contributed by atoms with van der Waals surface area (Å²) in [5, 5.41) is 7.30. The molecule has 1 saturated heterocycles. The van der Waals surface area contributed by atoms with Gasteiger partial charge in [0.15, 0.2) is 5.60 Å². The summed E-state index contributed by atoms with van der Waals surface area (Å²) in [6.45, 7) is 4.32. The normalized spacial score (nSPS) is 18.8. The van der Waals surface area contributed by atoms with Crippen molar-refractivity contribution in [1.82, 2.24) is 25.0 Å². The van der Waals surface area contributed by atoms with Gasteiger partial charge in [0.25, 0.3) is 5.91 Å². The minimum absolute atomic E-state index is 0.111. The Morgan fingerprint density at radius 2 is 1.88 bits per heavy atom. The van der Waals surface area contributed by atoms with Gasteiger partial charge in [-0.1, -0.05) is 24.3 Å². The molecule has 8 heteroatoms. The number of benzene rings is 1. The summed E-state index contributed by atoms with van der Waals surface area (Å²) in [6.07, 6.45) is 4.06. The summed E-state index contributed by atoms with van der Waals surface area (Å²) in [5.74, 6) is 0.636. The van der Waals surface area contributed by atoms with Gasteiger partial charge < -0.3 is 14.8 Å². The molecule has 1 aliphatic heterocycles. The Morgan fingerprint density at radius 3 is 2.55 bits per heavy atom. The molecular formula is C25H31N5O3. The van der Waals surface area contributed by atoms with Crippen LogP contribution in [0.25, 0.3) is 11.1 Å². The lowest BCUT2D eigenvalue weighted by Gasteiger charge is -2.41. The molecule has 4 rings (SSSR count). The average molecular weight is 450 g/mol. The molecule has 33 heavy (non-hydrogen) atoms. The van der Waals surface area contributed by atoms with Crippen molar-refractivity contribution in [3.05, 3.63) is 65.6 Å². The van der Waals surface area contributed by atoms with Crippen LogP contribution in [0.15, 0.2) is 48.8 Å².